The second-order valence-electron chi connectivity index (χ2n) is 9.05. The number of hydrogen-bond donors (Lipinski definition) is 0. The first-order chi connectivity index (χ1) is 10.7. The molecule has 1 saturated carbocycles. The van der Waals surface area contributed by atoms with Crippen LogP contribution in [-0.2, 0) is 14.3 Å². The number of carbonyl (C=O) groups excluding carboxylic acids is 1. The molecule has 23 heavy (non-hydrogen) atoms. The summed E-state index contributed by atoms with van der Waals surface area (Å²) in [6.45, 7) is 10.9. The third kappa shape index (κ3) is 3.35. The molecule has 1 aliphatic heterocycles. The molecule has 3 nitrogen and oxygen atoms in total. The van der Waals surface area contributed by atoms with Crippen LogP contribution in [0.3, 0.4) is 0 Å². The van der Waals surface area contributed by atoms with E-state index in [4.69, 9.17) is 9.47 Å². The molecule has 0 aromatic carbocycles. The quantitative estimate of drug-likeness (QED) is 0.539. The highest BCUT2D eigenvalue weighted by molar-refractivity contribution is 5.66. The van der Waals surface area contributed by atoms with Gasteiger partial charge in [-0.1, -0.05) is 38.8 Å². The molecule has 1 heterocycles. The van der Waals surface area contributed by atoms with Gasteiger partial charge in [0.1, 0.15) is 0 Å². The van der Waals surface area contributed by atoms with Gasteiger partial charge in [0, 0.05) is 18.8 Å². The van der Waals surface area contributed by atoms with E-state index in [1.165, 1.54) is 32.6 Å². The fraction of sp³-hybridized carbons (Fsp3) is 0.850. The van der Waals surface area contributed by atoms with Crippen molar-refractivity contribution in [1.82, 2.24) is 0 Å². The van der Waals surface area contributed by atoms with E-state index in [1.807, 2.05) is 0 Å². The molecule has 0 bridgehead atoms. The molecule has 1 saturated heterocycles. The van der Waals surface area contributed by atoms with E-state index in [9.17, 15) is 4.79 Å². The summed E-state index contributed by atoms with van der Waals surface area (Å²) in [5.74, 6) is 0.487. The van der Waals surface area contributed by atoms with E-state index in [0.717, 1.165) is 12.8 Å². The molecule has 0 spiro atoms. The lowest BCUT2D eigenvalue weighted by molar-refractivity contribution is -0.178. The van der Waals surface area contributed by atoms with Gasteiger partial charge in [0.2, 0.25) is 6.29 Å². The summed E-state index contributed by atoms with van der Waals surface area (Å²) in [6.07, 6.45) is 9.75. The highest BCUT2D eigenvalue weighted by Crippen LogP contribution is 2.54. The van der Waals surface area contributed by atoms with Crippen LogP contribution in [0, 0.1) is 22.7 Å². The van der Waals surface area contributed by atoms with E-state index in [1.54, 1.807) is 5.57 Å². The Morgan fingerprint density at radius 2 is 2.04 bits per heavy atom. The van der Waals surface area contributed by atoms with Gasteiger partial charge in [0.15, 0.2) is 0 Å². The molecule has 0 unspecified atom stereocenters. The lowest BCUT2D eigenvalue weighted by Gasteiger charge is -2.46. The zero-order valence-corrected chi connectivity index (χ0v) is 15.4. The Hall–Kier alpha value is -0.830. The van der Waals surface area contributed by atoms with E-state index in [2.05, 4.69) is 33.8 Å². The van der Waals surface area contributed by atoms with Crippen LogP contribution >= 0.6 is 0 Å². The lowest BCUT2D eigenvalue weighted by atomic mass is 9.59. The fourth-order valence-corrected chi connectivity index (χ4v) is 5.40. The minimum atomic E-state index is -0.346. The topological polar surface area (TPSA) is 35.5 Å². The molecule has 3 rings (SSSR count). The standard InChI is InChI=1S/C20H32O3/c1-13-17-11-15(20(5)10-6-9-19(3,4)12-20)7-8-16(17)18(22-13)23-14(2)21/h11,13,16-18H,6-10,12H2,1-5H3/t13-,16-,17-,18+,20+/m1/s1. The number of fused-ring (bicyclic) bond motifs is 1. The Labute approximate surface area is 140 Å². The van der Waals surface area contributed by atoms with E-state index in [0.29, 0.717) is 22.7 Å². The molecule has 0 N–H and O–H groups in total. The minimum absolute atomic E-state index is 0.139. The van der Waals surface area contributed by atoms with Crippen molar-refractivity contribution in [1.29, 1.82) is 0 Å². The summed E-state index contributed by atoms with van der Waals surface area (Å²) < 4.78 is 11.3. The number of hydrogen-bond acceptors (Lipinski definition) is 3. The van der Waals surface area contributed by atoms with E-state index < -0.39 is 0 Å². The first-order valence-electron chi connectivity index (χ1n) is 9.24. The maximum atomic E-state index is 11.3. The molecular weight excluding hydrogens is 288 g/mol. The first kappa shape index (κ1) is 17.0. The first-order valence-corrected chi connectivity index (χ1v) is 9.24. The third-order valence-electron chi connectivity index (χ3n) is 6.38. The van der Waals surface area contributed by atoms with Gasteiger partial charge in [0.05, 0.1) is 6.10 Å². The van der Waals surface area contributed by atoms with Crippen LogP contribution in [-0.4, -0.2) is 18.4 Å². The summed E-state index contributed by atoms with van der Waals surface area (Å²) in [6, 6.07) is 0. The van der Waals surface area contributed by atoms with Crippen molar-refractivity contribution in [3.05, 3.63) is 11.6 Å². The highest BCUT2D eigenvalue weighted by Gasteiger charge is 2.47. The van der Waals surface area contributed by atoms with Crippen molar-refractivity contribution in [2.45, 2.75) is 85.5 Å². The van der Waals surface area contributed by atoms with E-state index >= 15 is 0 Å². The summed E-state index contributed by atoms with van der Waals surface area (Å²) in [5.41, 5.74) is 2.42. The van der Waals surface area contributed by atoms with Gasteiger partial charge in [-0.25, -0.2) is 0 Å². The van der Waals surface area contributed by atoms with Crippen molar-refractivity contribution < 1.29 is 14.3 Å². The normalized spacial score (nSPS) is 42.7. The van der Waals surface area contributed by atoms with Crippen LogP contribution in [0.5, 0.6) is 0 Å². The van der Waals surface area contributed by atoms with Crippen molar-refractivity contribution in [2.24, 2.45) is 22.7 Å². The molecule has 2 aliphatic carbocycles. The summed E-state index contributed by atoms with van der Waals surface area (Å²) in [7, 11) is 0. The second kappa shape index (κ2) is 5.91. The predicted octanol–water partition coefficient (Wildman–Crippen LogP) is 4.85. The molecule has 0 aromatic rings. The van der Waals surface area contributed by atoms with Gasteiger partial charge in [0.25, 0.3) is 0 Å². The largest absolute Gasteiger partial charge is 0.436 e. The van der Waals surface area contributed by atoms with E-state index in [-0.39, 0.29) is 18.4 Å². The zero-order chi connectivity index (χ0) is 16.8. The van der Waals surface area contributed by atoms with Crippen molar-refractivity contribution in [3.63, 3.8) is 0 Å². The maximum Gasteiger partial charge on any atom is 0.304 e. The number of allylic oxidation sites excluding steroid dienone is 1. The van der Waals surface area contributed by atoms with Gasteiger partial charge >= 0.3 is 5.97 Å². The number of ether oxygens (including phenoxy) is 2. The summed E-state index contributed by atoms with van der Waals surface area (Å²) >= 11 is 0. The van der Waals surface area contributed by atoms with Crippen molar-refractivity contribution in [2.75, 3.05) is 0 Å². The van der Waals surface area contributed by atoms with Crippen LogP contribution in [0.2, 0.25) is 0 Å². The third-order valence-corrected chi connectivity index (χ3v) is 6.38. The molecular formula is C20H32O3. The summed E-state index contributed by atoms with van der Waals surface area (Å²) in [5, 5.41) is 0. The fourth-order valence-electron chi connectivity index (χ4n) is 5.40. The van der Waals surface area contributed by atoms with Gasteiger partial charge in [-0.05, 0) is 49.9 Å². The monoisotopic (exact) mass is 320 g/mol. The van der Waals surface area contributed by atoms with Crippen LogP contribution in [0.1, 0.15) is 73.1 Å². The van der Waals surface area contributed by atoms with Gasteiger partial charge in [-0.2, -0.15) is 0 Å². The Morgan fingerprint density at radius 1 is 1.30 bits per heavy atom. The van der Waals surface area contributed by atoms with Crippen molar-refractivity contribution >= 4 is 5.97 Å². The second-order valence-corrected chi connectivity index (χ2v) is 9.05. The maximum absolute atomic E-state index is 11.3. The van der Waals surface area contributed by atoms with Gasteiger partial charge in [-0.3, -0.25) is 4.79 Å². The van der Waals surface area contributed by atoms with Crippen LogP contribution in [0.25, 0.3) is 0 Å². The molecule has 5 atom stereocenters. The molecule has 2 fully saturated rings. The highest BCUT2D eigenvalue weighted by atomic mass is 16.7. The van der Waals surface area contributed by atoms with Crippen molar-refractivity contribution in [3.8, 4) is 0 Å². The van der Waals surface area contributed by atoms with Gasteiger partial charge in [-0.15, -0.1) is 0 Å². The lowest BCUT2D eigenvalue weighted by Crippen LogP contribution is -2.35. The molecule has 0 amide bonds. The molecule has 3 heteroatoms. The van der Waals surface area contributed by atoms with Crippen LogP contribution in [0.4, 0.5) is 0 Å². The minimum Gasteiger partial charge on any atom is -0.436 e. The summed E-state index contributed by atoms with van der Waals surface area (Å²) in [4.78, 5) is 11.3. The molecule has 3 aliphatic rings. The Kier molecular flexibility index (Phi) is 4.37. The van der Waals surface area contributed by atoms with Gasteiger partial charge < -0.3 is 9.47 Å². The average Bonchev–Trinajstić information content (AvgIpc) is 2.73. The number of esters is 1. The predicted molar refractivity (Wildman–Crippen MR) is 90.8 cm³/mol. The Balaban J connectivity index is 1.79. The molecule has 130 valence electrons. The Morgan fingerprint density at radius 3 is 2.70 bits per heavy atom. The number of carbonyl (C=O) groups is 1. The van der Waals surface area contributed by atoms with Crippen LogP contribution in [0.15, 0.2) is 11.6 Å². The molecule has 0 radical (unpaired) electrons. The Bertz CT molecular complexity index is 507. The zero-order valence-electron chi connectivity index (χ0n) is 15.4. The number of rotatable bonds is 2. The molecule has 0 aromatic heterocycles. The average molecular weight is 320 g/mol. The SMILES string of the molecule is CC(=O)O[C@@H]1O[C@H](C)[C@H]2C=C([C@@]3(C)CCCC(C)(C)C3)CC[C@@H]12. The van der Waals surface area contributed by atoms with Crippen LogP contribution < -0.4 is 0 Å². The smallest absolute Gasteiger partial charge is 0.304 e.